The van der Waals surface area contributed by atoms with Gasteiger partial charge < -0.3 is 5.11 Å². The molecule has 0 unspecified atom stereocenters. The maximum atomic E-state index is 11.9. The summed E-state index contributed by atoms with van der Waals surface area (Å²) in [5.74, 6) is 0.580. The van der Waals surface area contributed by atoms with E-state index >= 15 is 0 Å². The van der Waals surface area contributed by atoms with E-state index in [9.17, 15) is 5.11 Å². The van der Waals surface area contributed by atoms with Gasteiger partial charge in [-0.2, -0.15) is 0 Å². The third-order valence-electron chi connectivity index (χ3n) is 2.51. The number of rotatable bonds is 1. The first-order valence-electron chi connectivity index (χ1n) is 5.25. The van der Waals surface area contributed by atoms with Gasteiger partial charge in [-0.15, -0.1) is 4.68 Å². The molecular formula is C13H9N3O. The van der Waals surface area contributed by atoms with Gasteiger partial charge in [-0.3, -0.25) is 0 Å². The number of hydrogen-bond acceptors (Lipinski definition) is 3. The summed E-state index contributed by atoms with van der Waals surface area (Å²) in [6.07, 6.45) is 3.12. The lowest BCUT2D eigenvalue weighted by molar-refractivity contribution is -0.663. The van der Waals surface area contributed by atoms with E-state index in [1.165, 1.54) is 10.9 Å². The van der Waals surface area contributed by atoms with Gasteiger partial charge in [0.05, 0.1) is 0 Å². The summed E-state index contributed by atoms with van der Waals surface area (Å²) in [6, 6.07) is 12.8. The lowest BCUT2D eigenvalue weighted by Crippen LogP contribution is -2.36. The van der Waals surface area contributed by atoms with E-state index in [-0.39, 0.29) is 5.75 Å². The van der Waals surface area contributed by atoms with Crippen LogP contribution < -0.4 is 9.79 Å². The van der Waals surface area contributed by atoms with Crippen LogP contribution in [0.2, 0.25) is 0 Å². The number of nitrogens with zero attached hydrogens (tertiary/aromatic N) is 3. The van der Waals surface area contributed by atoms with Crippen molar-refractivity contribution >= 4 is 10.9 Å². The average Bonchev–Trinajstić information content (AvgIpc) is 2.40. The Morgan fingerprint density at radius 3 is 2.65 bits per heavy atom. The van der Waals surface area contributed by atoms with E-state index < -0.39 is 0 Å². The molecular weight excluding hydrogens is 214 g/mol. The third kappa shape index (κ3) is 1.69. The van der Waals surface area contributed by atoms with Crippen molar-refractivity contribution in [2.24, 2.45) is 0 Å². The molecule has 4 heteroatoms. The molecule has 0 amide bonds. The van der Waals surface area contributed by atoms with Crippen LogP contribution >= 0.6 is 0 Å². The van der Waals surface area contributed by atoms with Crippen LogP contribution in [0.1, 0.15) is 0 Å². The lowest BCUT2D eigenvalue weighted by Gasteiger charge is -2.08. The first-order chi connectivity index (χ1) is 8.34. The molecule has 0 N–H and O–H groups in total. The zero-order chi connectivity index (χ0) is 11.7. The molecule has 1 aromatic carbocycles. The molecule has 2 heterocycles. The molecule has 0 aliphatic carbocycles. The van der Waals surface area contributed by atoms with Crippen molar-refractivity contribution in [3.8, 4) is 11.6 Å². The average molecular weight is 223 g/mol. The van der Waals surface area contributed by atoms with Crippen LogP contribution in [0.5, 0.6) is 5.75 Å². The zero-order valence-corrected chi connectivity index (χ0v) is 8.95. The second kappa shape index (κ2) is 3.83. The lowest BCUT2D eigenvalue weighted by atomic mass is 10.2. The van der Waals surface area contributed by atoms with Gasteiger partial charge >= 0.3 is 5.82 Å². The first-order valence-corrected chi connectivity index (χ1v) is 5.25. The van der Waals surface area contributed by atoms with Gasteiger partial charge in [0.2, 0.25) is 0 Å². The Morgan fingerprint density at radius 2 is 1.82 bits per heavy atom. The number of hydrogen-bond donors (Lipinski definition) is 0. The molecule has 3 aromatic rings. The van der Waals surface area contributed by atoms with Crippen molar-refractivity contribution in [3.63, 3.8) is 0 Å². The third-order valence-corrected chi connectivity index (χ3v) is 2.51. The van der Waals surface area contributed by atoms with Crippen LogP contribution in [0, 0.1) is 0 Å². The van der Waals surface area contributed by atoms with Crippen LogP contribution in [0.3, 0.4) is 0 Å². The predicted octanol–water partition coefficient (Wildman–Crippen LogP) is 0.980. The van der Waals surface area contributed by atoms with E-state index in [0.717, 1.165) is 0 Å². The molecule has 3 rings (SSSR count). The summed E-state index contributed by atoms with van der Waals surface area (Å²) in [4.78, 5) is 4.16. The predicted molar refractivity (Wildman–Crippen MR) is 60.5 cm³/mol. The molecule has 0 radical (unpaired) electrons. The SMILES string of the molecule is [O-]c1c[n+](-c2ccccn2)nc2ccccc12. The van der Waals surface area contributed by atoms with Gasteiger partial charge in [0.25, 0.3) is 0 Å². The van der Waals surface area contributed by atoms with Gasteiger partial charge in [-0.05, 0) is 22.5 Å². The second-order valence-corrected chi connectivity index (χ2v) is 3.64. The molecule has 0 bridgehead atoms. The molecule has 17 heavy (non-hydrogen) atoms. The fraction of sp³-hybridized carbons (Fsp3) is 0. The summed E-state index contributed by atoms with van der Waals surface area (Å²) in [7, 11) is 0. The maximum absolute atomic E-state index is 11.9. The van der Waals surface area contributed by atoms with Crippen LogP contribution in [0.15, 0.2) is 54.9 Å². The number of fused-ring (bicyclic) bond motifs is 1. The van der Waals surface area contributed by atoms with Gasteiger partial charge in [0.1, 0.15) is 17.9 Å². The standard InChI is InChI=1S/C13H9N3O/c17-12-9-16(13-7-3-4-8-14-13)15-11-6-2-1-5-10(11)12/h1-9H. The van der Waals surface area contributed by atoms with Crippen LogP contribution in [-0.4, -0.2) is 10.1 Å². The van der Waals surface area contributed by atoms with E-state index in [1.807, 2.05) is 30.3 Å². The van der Waals surface area contributed by atoms with E-state index in [1.54, 1.807) is 18.3 Å². The molecule has 82 valence electrons. The van der Waals surface area contributed by atoms with Crippen LogP contribution in [0.4, 0.5) is 0 Å². The van der Waals surface area contributed by atoms with Gasteiger partial charge in [-0.25, -0.2) is 0 Å². The van der Waals surface area contributed by atoms with Crippen molar-refractivity contribution in [3.05, 3.63) is 54.9 Å². The van der Waals surface area contributed by atoms with Crippen molar-refractivity contribution < 1.29 is 9.79 Å². The zero-order valence-electron chi connectivity index (χ0n) is 8.95. The van der Waals surface area contributed by atoms with Gasteiger partial charge in [0.15, 0.2) is 0 Å². The topological polar surface area (TPSA) is 52.7 Å². The van der Waals surface area contributed by atoms with Crippen molar-refractivity contribution in [2.75, 3.05) is 0 Å². The summed E-state index contributed by atoms with van der Waals surface area (Å²) in [5.41, 5.74) is 0.672. The van der Waals surface area contributed by atoms with Crippen molar-refractivity contribution in [2.45, 2.75) is 0 Å². The Balaban J connectivity index is 2.26. The fourth-order valence-electron chi connectivity index (χ4n) is 1.70. The van der Waals surface area contributed by atoms with Crippen molar-refractivity contribution in [1.82, 2.24) is 10.1 Å². The summed E-state index contributed by atoms with van der Waals surface area (Å²) < 4.78 is 1.50. The summed E-state index contributed by atoms with van der Waals surface area (Å²) >= 11 is 0. The Hall–Kier alpha value is -2.49. The van der Waals surface area contributed by atoms with E-state index in [2.05, 4.69) is 10.1 Å². The van der Waals surface area contributed by atoms with E-state index in [4.69, 9.17) is 0 Å². The van der Waals surface area contributed by atoms with Crippen LogP contribution in [-0.2, 0) is 0 Å². The molecule has 0 aliphatic heterocycles. The van der Waals surface area contributed by atoms with Crippen molar-refractivity contribution in [1.29, 1.82) is 0 Å². The first kappa shape index (κ1) is 9.72. The second-order valence-electron chi connectivity index (χ2n) is 3.64. The maximum Gasteiger partial charge on any atom is 0.347 e. The number of pyridine rings is 1. The Kier molecular flexibility index (Phi) is 2.19. The fourth-order valence-corrected chi connectivity index (χ4v) is 1.70. The Bertz CT molecular complexity index is 668. The van der Waals surface area contributed by atoms with E-state index in [0.29, 0.717) is 16.7 Å². The van der Waals surface area contributed by atoms with Gasteiger partial charge in [0, 0.05) is 6.07 Å². The number of aromatic nitrogens is 3. The quantitative estimate of drug-likeness (QED) is 0.578. The summed E-state index contributed by atoms with van der Waals surface area (Å²) in [5, 5.41) is 16.9. The van der Waals surface area contributed by atoms with Gasteiger partial charge in [-0.1, -0.05) is 35.1 Å². The smallest absolute Gasteiger partial charge is 0.347 e. The minimum atomic E-state index is -0.0544. The highest BCUT2D eigenvalue weighted by Crippen LogP contribution is 2.17. The molecule has 4 nitrogen and oxygen atoms in total. The molecule has 0 fully saturated rings. The number of benzene rings is 1. The minimum absolute atomic E-state index is 0.0544. The monoisotopic (exact) mass is 223 g/mol. The minimum Gasteiger partial charge on any atom is -0.870 e. The molecule has 2 aromatic heterocycles. The largest absolute Gasteiger partial charge is 0.870 e. The van der Waals surface area contributed by atoms with Crippen LogP contribution in [0.25, 0.3) is 16.7 Å². The highest BCUT2D eigenvalue weighted by Gasteiger charge is 2.08. The Morgan fingerprint density at radius 1 is 1.00 bits per heavy atom. The normalized spacial score (nSPS) is 10.6. The molecule has 0 saturated carbocycles. The molecule has 0 spiro atoms. The molecule has 0 atom stereocenters. The Labute approximate surface area is 97.8 Å². The molecule has 0 aliphatic rings. The molecule has 0 saturated heterocycles. The highest BCUT2D eigenvalue weighted by molar-refractivity contribution is 5.82. The summed E-state index contributed by atoms with van der Waals surface area (Å²) in [6.45, 7) is 0. The highest BCUT2D eigenvalue weighted by atomic mass is 16.3.